The molecule has 0 heterocycles. The van der Waals surface area contributed by atoms with E-state index < -0.39 is 0 Å². The molecule has 1 aromatic carbocycles. The van der Waals surface area contributed by atoms with Crippen molar-refractivity contribution in [2.75, 3.05) is 0 Å². The molecule has 0 aliphatic rings. The van der Waals surface area contributed by atoms with Crippen LogP contribution in [0.3, 0.4) is 0 Å². The molecule has 2 heteroatoms. The van der Waals surface area contributed by atoms with Crippen molar-refractivity contribution in [3.63, 3.8) is 0 Å². The normalized spacial score (nSPS) is 12.7. The maximum absolute atomic E-state index is 9.34. The summed E-state index contributed by atoms with van der Waals surface area (Å²) < 4.78 is 0. The van der Waals surface area contributed by atoms with E-state index in [0.717, 1.165) is 17.6 Å². The quantitative estimate of drug-likeness (QED) is 0.767. The van der Waals surface area contributed by atoms with Gasteiger partial charge in [-0.05, 0) is 36.6 Å². The van der Waals surface area contributed by atoms with Crippen molar-refractivity contribution in [3.8, 4) is 11.5 Å². The summed E-state index contributed by atoms with van der Waals surface area (Å²) in [7, 11) is 0. The van der Waals surface area contributed by atoms with Crippen molar-refractivity contribution >= 4 is 6.08 Å². The number of allylic oxidation sites excluding steroid dienone is 5. The first-order valence-electron chi connectivity index (χ1n) is 5.69. The summed E-state index contributed by atoms with van der Waals surface area (Å²) in [6, 6.07) is 4.52. The zero-order chi connectivity index (χ0) is 12.7. The van der Waals surface area contributed by atoms with Gasteiger partial charge in [0.1, 0.15) is 11.5 Å². The number of hydrogen-bond donors (Lipinski definition) is 2. The van der Waals surface area contributed by atoms with Crippen LogP contribution in [-0.2, 0) is 0 Å². The third-order valence-corrected chi connectivity index (χ3v) is 2.19. The fraction of sp³-hybridized carbons (Fsp3) is 0.200. The van der Waals surface area contributed by atoms with Gasteiger partial charge in [-0.15, -0.1) is 0 Å². The van der Waals surface area contributed by atoms with Gasteiger partial charge in [0.05, 0.1) is 0 Å². The molecule has 0 aliphatic carbocycles. The number of aromatic hydroxyl groups is 2. The standard InChI is InChI=1S/C15H18O2/c1-3-5-12(6-4-2)7-8-13-9-14(16)11-15(17)10-13/h3,5-11,16-17H,4H2,1-2H3/b5-3-,8-7+,12-6+. The van der Waals surface area contributed by atoms with E-state index in [1.54, 1.807) is 12.1 Å². The Labute approximate surface area is 102 Å². The number of rotatable bonds is 4. The average Bonchev–Trinajstić information content (AvgIpc) is 2.25. The third kappa shape index (κ3) is 4.60. The van der Waals surface area contributed by atoms with Crippen molar-refractivity contribution < 1.29 is 10.2 Å². The molecule has 0 saturated carbocycles. The molecule has 0 bridgehead atoms. The Kier molecular flexibility index (Phi) is 5.08. The van der Waals surface area contributed by atoms with E-state index in [1.165, 1.54) is 6.07 Å². The number of phenolic OH excluding ortho intramolecular Hbond substituents is 2. The highest BCUT2D eigenvalue weighted by Crippen LogP contribution is 2.21. The van der Waals surface area contributed by atoms with E-state index >= 15 is 0 Å². The van der Waals surface area contributed by atoms with Crippen LogP contribution in [0.2, 0.25) is 0 Å². The molecule has 0 aromatic heterocycles. The topological polar surface area (TPSA) is 40.5 Å². The zero-order valence-corrected chi connectivity index (χ0v) is 10.2. The van der Waals surface area contributed by atoms with E-state index in [4.69, 9.17) is 0 Å². The molecular weight excluding hydrogens is 212 g/mol. The molecule has 0 amide bonds. The van der Waals surface area contributed by atoms with Crippen LogP contribution in [0.15, 0.2) is 48.1 Å². The Morgan fingerprint density at radius 3 is 2.29 bits per heavy atom. The maximum atomic E-state index is 9.34. The summed E-state index contributed by atoms with van der Waals surface area (Å²) in [4.78, 5) is 0. The molecule has 90 valence electrons. The average molecular weight is 230 g/mol. The van der Waals surface area contributed by atoms with Crippen LogP contribution >= 0.6 is 0 Å². The minimum atomic E-state index is 0.0664. The first-order chi connectivity index (χ1) is 8.15. The monoisotopic (exact) mass is 230 g/mol. The van der Waals surface area contributed by atoms with E-state index in [-0.39, 0.29) is 11.5 Å². The van der Waals surface area contributed by atoms with Crippen LogP contribution in [0.5, 0.6) is 11.5 Å². The lowest BCUT2D eigenvalue weighted by atomic mass is 10.1. The summed E-state index contributed by atoms with van der Waals surface area (Å²) >= 11 is 0. The highest BCUT2D eigenvalue weighted by molar-refractivity contribution is 5.58. The second kappa shape index (κ2) is 6.59. The molecule has 0 atom stereocenters. The van der Waals surface area contributed by atoms with Gasteiger partial charge >= 0.3 is 0 Å². The fourth-order valence-electron chi connectivity index (χ4n) is 1.53. The SMILES string of the molecule is C\C=C/C(/C=C/c1cc(O)cc(O)c1)=C\CC. The van der Waals surface area contributed by atoms with E-state index in [1.807, 2.05) is 31.2 Å². The lowest BCUT2D eigenvalue weighted by molar-refractivity contribution is 0.450. The number of benzene rings is 1. The molecular formula is C15H18O2. The summed E-state index contributed by atoms with van der Waals surface area (Å²) in [5.41, 5.74) is 1.88. The molecule has 1 aromatic rings. The predicted octanol–water partition coefficient (Wildman–Crippen LogP) is 4.02. The van der Waals surface area contributed by atoms with Crippen LogP contribution in [0.4, 0.5) is 0 Å². The molecule has 17 heavy (non-hydrogen) atoms. The minimum absolute atomic E-state index is 0.0664. The van der Waals surface area contributed by atoms with Crippen molar-refractivity contribution in [1.82, 2.24) is 0 Å². The van der Waals surface area contributed by atoms with Crippen LogP contribution < -0.4 is 0 Å². The Morgan fingerprint density at radius 2 is 1.76 bits per heavy atom. The Morgan fingerprint density at radius 1 is 1.12 bits per heavy atom. The van der Waals surface area contributed by atoms with Gasteiger partial charge in [-0.2, -0.15) is 0 Å². The molecule has 0 fully saturated rings. The fourth-order valence-corrected chi connectivity index (χ4v) is 1.53. The summed E-state index contributed by atoms with van der Waals surface area (Å²) in [5.74, 6) is 0.133. The highest BCUT2D eigenvalue weighted by atomic mass is 16.3. The molecule has 0 spiro atoms. The smallest absolute Gasteiger partial charge is 0.119 e. The molecule has 0 aliphatic heterocycles. The molecule has 2 N–H and O–H groups in total. The first kappa shape index (κ1) is 13.1. The molecule has 0 radical (unpaired) electrons. The Bertz CT molecular complexity index is 434. The van der Waals surface area contributed by atoms with Crippen molar-refractivity contribution in [2.45, 2.75) is 20.3 Å². The lowest BCUT2D eigenvalue weighted by Crippen LogP contribution is -1.75. The Hall–Kier alpha value is -1.96. The van der Waals surface area contributed by atoms with Crippen LogP contribution in [0.25, 0.3) is 6.08 Å². The predicted molar refractivity (Wildman–Crippen MR) is 72.0 cm³/mol. The van der Waals surface area contributed by atoms with Gasteiger partial charge in [-0.3, -0.25) is 0 Å². The van der Waals surface area contributed by atoms with Crippen LogP contribution in [0, 0.1) is 0 Å². The van der Waals surface area contributed by atoms with E-state index in [2.05, 4.69) is 13.0 Å². The van der Waals surface area contributed by atoms with Crippen LogP contribution in [-0.4, -0.2) is 10.2 Å². The van der Waals surface area contributed by atoms with Gasteiger partial charge < -0.3 is 10.2 Å². The highest BCUT2D eigenvalue weighted by Gasteiger charge is 1.95. The van der Waals surface area contributed by atoms with Gasteiger partial charge in [0.2, 0.25) is 0 Å². The van der Waals surface area contributed by atoms with E-state index in [9.17, 15) is 10.2 Å². The van der Waals surface area contributed by atoms with Gasteiger partial charge in [-0.1, -0.05) is 37.3 Å². The zero-order valence-electron chi connectivity index (χ0n) is 10.2. The number of hydrogen-bond acceptors (Lipinski definition) is 2. The number of phenols is 2. The van der Waals surface area contributed by atoms with E-state index in [0.29, 0.717) is 0 Å². The summed E-state index contributed by atoms with van der Waals surface area (Å²) in [5, 5.41) is 18.7. The largest absolute Gasteiger partial charge is 0.508 e. The van der Waals surface area contributed by atoms with Crippen molar-refractivity contribution in [2.24, 2.45) is 0 Å². The molecule has 0 unspecified atom stereocenters. The van der Waals surface area contributed by atoms with Gasteiger partial charge in [0.15, 0.2) is 0 Å². The van der Waals surface area contributed by atoms with Crippen molar-refractivity contribution in [1.29, 1.82) is 0 Å². The second-order valence-electron chi connectivity index (χ2n) is 3.73. The molecule has 2 nitrogen and oxygen atoms in total. The van der Waals surface area contributed by atoms with Crippen molar-refractivity contribution in [3.05, 3.63) is 53.6 Å². The first-order valence-corrected chi connectivity index (χ1v) is 5.69. The third-order valence-electron chi connectivity index (χ3n) is 2.19. The van der Waals surface area contributed by atoms with Crippen LogP contribution in [0.1, 0.15) is 25.8 Å². The Balaban J connectivity index is 2.91. The summed E-state index contributed by atoms with van der Waals surface area (Å²) in [6.45, 7) is 4.05. The minimum Gasteiger partial charge on any atom is -0.508 e. The lowest BCUT2D eigenvalue weighted by Gasteiger charge is -1.98. The molecule has 0 saturated heterocycles. The maximum Gasteiger partial charge on any atom is 0.119 e. The molecule has 1 rings (SSSR count). The summed E-state index contributed by atoms with van der Waals surface area (Å²) in [6.07, 6.45) is 10.9. The second-order valence-corrected chi connectivity index (χ2v) is 3.73. The van der Waals surface area contributed by atoms with Gasteiger partial charge in [0, 0.05) is 6.07 Å². The van der Waals surface area contributed by atoms with Gasteiger partial charge in [0.25, 0.3) is 0 Å². The van der Waals surface area contributed by atoms with Gasteiger partial charge in [-0.25, -0.2) is 0 Å².